The molecule has 2 heterocycles. The maximum atomic E-state index is 12.4. The molecular formula is C21H27BrN3O6S+. The van der Waals surface area contributed by atoms with Crippen molar-refractivity contribution in [2.75, 3.05) is 33.8 Å². The number of hydrogen-bond acceptors (Lipinski definition) is 7. The number of methoxy groups -OCH3 is 4. The van der Waals surface area contributed by atoms with Crippen molar-refractivity contribution in [1.29, 1.82) is 0 Å². The quantitative estimate of drug-likeness (QED) is 0.429. The molecule has 0 saturated carbocycles. The van der Waals surface area contributed by atoms with Crippen LogP contribution in [0.25, 0.3) is 16.1 Å². The van der Waals surface area contributed by atoms with Crippen molar-refractivity contribution in [2.45, 2.75) is 33.0 Å². The second-order valence-corrected chi connectivity index (χ2v) is 10.1. The summed E-state index contributed by atoms with van der Waals surface area (Å²) in [7, 11) is 6.35. The van der Waals surface area contributed by atoms with Crippen molar-refractivity contribution in [1.82, 2.24) is 5.10 Å². The Balaban J connectivity index is 2.19. The lowest BCUT2D eigenvalue weighted by molar-refractivity contribution is -0.561. The van der Waals surface area contributed by atoms with Crippen LogP contribution in [0.1, 0.15) is 26.3 Å². The molecule has 0 unspecified atom stereocenters. The lowest BCUT2D eigenvalue weighted by Gasteiger charge is -2.19. The number of fused-ring (bicyclic) bond motifs is 1. The first-order chi connectivity index (χ1) is 15.1. The maximum Gasteiger partial charge on any atom is 0.412 e. The maximum absolute atomic E-state index is 12.4. The van der Waals surface area contributed by atoms with Gasteiger partial charge in [-0.2, -0.15) is 0 Å². The number of amides is 1. The van der Waals surface area contributed by atoms with Crippen molar-refractivity contribution in [2.24, 2.45) is 0 Å². The molecule has 2 aromatic heterocycles. The molecule has 0 fully saturated rings. The van der Waals surface area contributed by atoms with Gasteiger partial charge < -0.3 is 23.7 Å². The van der Waals surface area contributed by atoms with E-state index >= 15 is 0 Å². The Hall–Kier alpha value is -2.50. The number of anilines is 1. The van der Waals surface area contributed by atoms with Gasteiger partial charge in [0.25, 0.3) is 11.6 Å². The zero-order chi connectivity index (χ0) is 23.6. The highest BCUT2D eigenvalue weighted by Crippen LogP contribution is 2.45. The van der Waals surface area contributed by atoms with Gasteiger partial charge in [0.2, 0.25) is 0 Å². The highest BCUT2D eigenvalue weighted by molar-refractivity contribution is 9.11. The van der Waals surface area contributed by atoms with Gasteiger partial charge in [-0.25, -0.2) is 4.79 Å². The summed E-state index contributed by atoms with van der Waals surface area (Å²) in [5.41, 5.74) is 2.22. The summed E-state index contributed by atoms with van der Waals surface area (Å²) in [6, 6.07) is 3.80. The van der Waals surface area contributed by atoms with Crippen LogP contribution >= 0.6 is 27.3 Å². The summed E-state index contributed by atoms with van der Waals surface area (Å²) in [4.78, 5) is 13.1. The number of rotatable bonds is 7. The van der Waals surface area contributed by atoms with Crippen molar-refractivity contribution >= 4 is 43.9 Å². The molecule has 1 aromatic carbocycles. The number of nitrogens with zero attached hydrogens (tertiary/aromatic N) is 1. The van der Waals surface area contributed by atoms with E-state index in [0.29, 0.717) is 34.5 Å². The Labute approximate surface area is 198 Å². The Morgan fingerprint density at radius 3 is 2.25 bits per heavy atom. The first-order valence-corrected chi connectivity index (χ1v) is 11.3. The third-order valence-corrected chi connectivity index (χ3v) is 6.21. The fourth-order valence-corrected chi connectivity index (χ4v) is 4.98. The zero-order valence-electron chi connectivity index (χ0n) is 19.0. The van der Waals surface area contributed by atoms with E-state index < -0.39 is 11.7 Å². The van der Waals surface area contributed by atoms with Crippen LogP contribution in [0, 0.1) is 0 Å². The number of aromatic nitrogens is 2. The summed E-state index contributed by atoms with van der Waals surface area (Å²) in [5.74, 6) is 1.60. The number of aromatic amines is 1. The number of carbonyl (C=O) groups excluding carboxylic acids is 1. The molecular weight excluding hydrogens is 502 g/mol. The lowest BCUT2D eigenvalue weighted by Crippen LogP contribution is -2.27. The first kappa shape index (κ1) is 24.1. The van der Waals surface area contributed by atoms with E-state index in [4.69, 9.17) is 23.7 Å². The van der Waals surface area contributed by atoms with Gasteiger partial charge in [-0.05, 0) is 65.7 Å². The molecule has 11 heteroatoms. The van der Waals surface area contributed by atoms with Crippen LogP contribution in [-0.4, -0.2) is 45.2 Å². The number of benzene rings is 1. The van der Waals surface area contributed by atoms with Crippen molar-refractivity contribution in [3.8, 4) is 28.6 Å². The molecule has 0 spiro atoms. The molecule has 1 amide bonds. The van der Waals surface area contributed by atoms with Gasteiger partial charge in [0.05, 0.1) is 27.9 Å². The first-order valence-electron chi connectivity index (χ1n) is 9.67. The Bertz CT molecular complexity index is 1110. The van der Waals surface area contributed by atoms with Gasteiger partial charge in [0.15, 0.2) is 9.47 Å². The van der Waals surface area contributed by atoms with Gasteiger partial charge in [-0.1, -0.05) is 4.52 Å². The molecule has 32 heavy (non-hydrogen) atoms. The normalized spacial score (nSPS) is 11.5. The number of halogens is 1. The highest BCUT2D eigenvalue weighted by atomic mass is 79.9. The van der Waals surface area contributed by atoms with Gasteiger partial charge in [-0.3, -0.25) is 5.32 Å². The molecule has 0 atom stereocenters. The van der Waals surface area contributed by atoms with Crippen LogP contribution < -0.4 is 24.0 Å². The number of ether oxygens (including phenoxy) is 5. The van der Waals surface area contributed by atoms with Crippen LogP contribution in [0.15, 0.2) is 15.9 Å². The summed E-state index contributed by atoms with van der Waals surface area (Å²) < 4.78 is 30.1. The standard InChI is InChI=1S/C21H26BrN3O6S/c1-21(2,3)31-20(26)23-15-18(30-7)24-25-16(17(22)32-19(15)25)14-12(28-5)8-11(10-27-4)9-13(14)29-6/h8-9H,10H2,1-7H3,(H,23,26)/p+1. The number of thiazole rings is 1. The van der Waals surface area contributed by atoms with Crippen molar-refractivity contribution in [3.63, 3.8) is 0 Å². The summed E-state index contributed by atoms with van der Waals surface area (Å²) in [6.07, 6.45) is -0.581. The molecule has 3 rings (SSSR count). The van der Waals surface area contributed by atoms with Gasteiger partial charge in [0, 0.05) is 7.11 Å². The molecule has 0 aliphatic heterocycles. The van der Waals surface area contributed by atoms with E-state index in [9.17, 15) is 4.79 Å². The molecule has 3 aromatic rings. The third-order valence-electron chi connectivity index (χ3n) is 4.40. The van der Waals surface area contributed by atoms with Crippen molar-refractivity contribution in [3.05, 3.63) is 21.5 Å². The zero-order valence-corrected chi connectivity index (χ0v) is 21.4. The molecule has 0 aliphatic rings. The molecule has 0 saturated heterocycles. The summed E-state index contributed by atoms with van der Waals surface area (Å²) >= 11 is 5.07. The molecule has 0 radical (unpaired) electrons. The second-order valence-electron chi connectivity index (χ2n) is 7.82. The molecule has 0 bridgehead atoms. The van der Waals surface area contributed by atoms with E-state index in [-0.39, 0.29) is 0 Å². The average Bonchev–Trinajstić information content (AvgIpc) is 3.20. The molecule has 2 N–H and O–H groups in total. The highest BCUT2D eigenvalue weighted by Gasteiger charge is 2.35. The molecule has 0 aliphatic carbocycles. The average molecular weight is 529 g/mol. The second kappa shape index (κ2) is 9.55. The van der Waals surface area contributed by atoms with Crippen LogP contribution in [0.3, 0.4) is 0 Å². The van der Waals surface area contributed by atoms with E-state index in [1.165, 1.54) is 18.4 Å². The fraction of sp³-hybridized carbons (Fsp3) is 0.429. The monoisotopic (exact) mass is 528 g/mol. The number of carbonyl (C=O) groups is 1. The van der Waals surface area contributed by atoms with E-state index in [2.05, 4.69) is 26.3 Å². The summed E-state index contributed by atoms with van der Waals surface area (Å²) in [5, 5.41) is 5.97. The number of H-pyrrole nitrogens is 1. The minimum atomic E-state index is -0.633. The Morgan fingerprint density at radius 1 is 1.12 bits per heavy atom. The fourth-order valence-electron chi connectivity index (χ4n) is 3.22. The Kier molecular flexibility index (Phi) is 7.21. The van der Waals surface area contributed by atoms with E-state index in [0.717, 1.165) is 20.6 Å². The van der Waals surface area contributed by atoms with Gasteiger partial charge in [0.1, 0.15) is 22.7 Å². The summed E-state index contributed by atoms with van der Waals surface area (Å²) in [6.45, 7) is 5.82. The molecule has 174 valence electrons. The van der Waals surface area contributed by atoms with Crippen LogP contribution in [0.2, 0.25) is 0 Å². The number of nitrogens with one attached hydrogen (secondary N) is 2. The molecule has 9 nitrogen and oxygen atoms in total. The topological polar surface area (TPSA) is 95.1 Å². The largest absolute Gasteiger partial charge is 0.496 e. The van der Waals surface area contributed by atoms with Crippen LogP contribution in [0.5, 0.6) is 17.4 Å². The third kappa shape index (κ3) is 4.79. The van der Waals surface area contributed by atoms with Crippen LogP contribution in [0.4, 0.5) is 10.5 Å². The SMILES string of the molecule is COCc1cc(OC)c(-c2c(Br)sc3c(NC(=O)OC(C)(C)C)c(OC)[nH][n+]23)c(OC)c1. The predicted molar refractivity (Wildman–Crippen MR) is 125 cm³/mol. The van der Waals surface area contributed by atoms with Crippen molar-refractivity contribution < 1.29 is 33.0 Å². The van der Waals surface area contributed by atoms with E-state index in [1.54, 1.807) is 46.6 Å². The lowest BCUT2D eigenvalue weighted by atomic mass is 10.1. The Morgan fingerprint density at radius 2 is 1.75 bits per heavy atom. The number of hydrogen-bond donors (Lipinski definition) is 2. The minimum absolute atomic E-state index is 0.379. The van der Waals surface area contributed by atoms with E-state index in [1.807, 2.05) is 12.1 Å². The minimum Gasteiger partial charge on any atom is -0.496 e. The predicted octanol–water partition coefficient (Wildman–Crippen LogP) is 4.76. The smallest absolute Gasteiger partial charge is 0.412 e. The van der Waals surface area contributed by atoms with Gasteiger partial charge in [-0.15, -0.1) is 5.10 Å². The van der Waals surface area contributed by atoms with Gasteiger partial charge >= 0.3 is 10.9 Å². The van der Waals surface area contributed by atoms with Crippen LogP contribution in [-0.2, 0) is 16.1 Å².